The standard InChI is InChI=1S/C26H28N6O3S/c1-15-9-16(2)23(17(3)10-15)24(33)29-22(25(34)35)11-19-5-7-21(8-6-19)32-14-20(30-31-32)13-28-26-27-12-18(4)36-26/h5-10,12,14,22H,11,13H2,1-4H3,(H,27,28)(H,29,33)(H,34,35)/t22-/m0/s1. The molecule has 0 aliphatic rings. The van der Waals surface area contributed by atoms with E-state index in [2.05, 4.69) is 25.9 Å². The first-order valence-electron chi connectivity index (χ1n) is 11.5. The number of nitrogens with one attached hydrogen (secondary N) is 2. The summed E-state index contributed by atoms with van der Waals surface area (Å²) in [4.78, 5) is 30.2. The van der Waals surface area contributed by atoms with Gasteiger partial charge in [-0.1, -0.05) is 35.0 Å². The van der Waals surface area contributed by atoms with Crippen molar-refractivity contribution in [2.24, 2.45) is 0 Å². The Bertz CT molecular complexity index is 1370. The molecule has 0 aliphatic carbocycles. The van der Waals surface area contributed by atoms with E-state index in [0.29, 0.717) is 12.1 Å². The second-order valence-corrected chi connectivity index (χ2v) is 10.0. The van der Waals surface area contributed by atoms with Gasteiger partial charge in [0.1, 0.15) is 11.7 Å². The molecule has 10 heteroatoms. The summed E-state index contributed by atoms with van der Waals surface area (Å²) < 4.78 is 1.66. The number of carboxylic acid groups (broad SMARTS) is 1. The van der Waals surface area contributed by atoms with Crippen LogP contribution in [0.25, 0.3) is 5.69 Å². The molecular weight excluding hydrogens is 476 g/mol. The Morgan fingerprint density at radius 2 is 1.78 bits per heavy atom. The van der Waals surface area contributed by atoms with Crippen molar-refractivity contribution in [2.45, 2.75) is 46.7 Å². The summed E-state index contributed by atoms with van der Waals surface area (Å²) in [6.45, 7) is 8.18. The molecule has 2 aromatic carbocycles. The minimum atomic E-state index is -1.08. The van der Waals surface area contributed by atoms with Gasteiger partial charge >= 0.3 is 5.97 Å². The third-order valence-corrected chi connectivity index (χ3v) is 6.60. The summed E-state index contributed by atoms with van der Waals surface area (Å²) in [5.74, 6) is -1.47. The van der Waals surface area contributed by atoms with E-state index in [9.17, 15) is 14.7 Å². The van der Waals surface area contributed by atoms with E-state index in [1.807, 2.05) is 76.5 Å². The van der Waals surface area contributed by atoms with Gasteiger partial charge in [0.15, 0.2) is 5.13 Å². The lowest BCUT2D eigenvalue weighted by molar-refractivity contribution is -0.139. The summed E-state index contributed by atoms with van der Waals surface area (Å²) in [7, 11) is 0. The molecule has 186 valence electrons. The Balaban J connectivity index is 1.40. The fourth-order valence-corrected chi connectivity index (χ4v) is 4.76. The van der Waals surface area contributed by atoms with Gasteiger partial charge in [-0.15, -0.1) is 16.4 Å². The third kappa shape index (κ3) is 5.95. The van der Waals surface area contributed by atoms with Crippen LogP contribution in [0.15, 0.2) is 48.8 Å². The quantitative estimate of drug-likeness (QED) is 0.315. The molecule has 9 nitrogen and oxygen atoms in total. The van der Waals surface area contributed by atoms with Crippen LogP contribution in [0, 0.1) is 27.7 Å². The largest absolute Gasteiger partial charge is 0.480 e. The maximum absolute atomic E-state index is 12.9. The average Bonchev–Trinajstić information content (AvgIpc) is 3.46. The summed E-state index contributed by atoms with van der Waals surface area (Å²) in [5.41, 5.74) is 5.56. The van der Waals surface area contributed by atoms with E-state index in [1.54, 1.807) is 16.0 Å². The van der Waals surface area contributed by atoms with Crippen molar-refractivity contribution in [2.75, 3.05) is 5.32 Å². The number of carbonyl (C=O) groups is 2. The van der Waals surface area contributed by atoms with Gasteiger partial charge in [-0.3, -0.25) is 4.79 Å². The van der Waals surface area contributed by atoms with Crippen molar-refractivity contribution in [3.05, 3.63) is 87.2 Å². The van der Waals surface area contributed by atoms with Crippen molar-refractivity contribution < 1.29 is 14.7 Å². The third-order valence-electron chi connectivity index (χ3n) is 5.73. The molecule has 0 spiro atoms. The number of hydrogen-bond acceptors (Lipinski definition) is 7. The number of carbonyl (C=O) groups excluding carboxylic acids is 1. The van der Waals surface area contributed by atoms with E-state index < -0.39 is 12.0 Å². The van der Waals surface area contributed by atoms with E-state index in [1.165, 1.54) is 0 Å². The summed E-state index contributed by atoms with van der Waals surface area (Å²) in [6, 6.07) is 10.1. The molecule has 1 atom stereocenters. The number of aliphatic carboxylic acids is 1. The van der Waals surface area contributed by atoms with Crippen molar-refractivity contribution in [3.8, 4) is 5.69 Å². The number of thiazole rings is 1. The molecule has 1 amide bonds. The summed E-state index contributed by atoms with van der Waals surface area (Å²) in [6.07, 6.45) is 3.80. The lowest BCUT2D eigenvalue weighted by Crippen LogP contribution is -2.42. The van der Waals surface area contributed by atoms with E-state index >= 15 is 0 Å². The number of hydrogen-bond donors (Lipinski definition) is 3. The highest BCUT2D eigenvalue weighted by Crippen LogP contribution is 2.19. The molecule has 0 saturated heterocycles. The molecule has 36 heavy (non-hydrogen) atoms. The fourth-order valence-electron chi connectivity index (χ4n) is 4.10. The zero-order valence-corrected chi connectivity index (χ0v) is 21.4. The number of aromatic nitrogens is 4. The maximum Gasteiger partial charge on any atom is 0.326 e. The summed E-state index contributed by atoms with van der Waals surface area (Å²) in [5, 5.41) is 24.8. The summed E-state index contributed by atoms with van der Waals surface area (Å²) >= 11 is 1.58. The maximum atomic E-state index is 12.9. The first kappa shape index (κ1) is 25.1. The van der Waals surface area contributed by atoms with Crippen molar-refractivity contribution in [1.82, 2.24) is 25.3 Å². The van der Waals surface area contributed by atoms with Crippen LogP contribution < -0.4 is 10.6 Å². The molecule has 4 rings (SSSR count). The Morgan fingerprint density at radius 3 is 2.39 bits per heavy atom. The van der Waals surface area contributed by atoms with Gasteiger partial charge in [0.25, 0.3) is 5.91 Å². The van der Waals surface area contributed by atoms with Gasteiger partial charge < -0.3 is 15.7 Å². The predicted octanol–water partition coefficient (Wildman–Crippen LogP) is 4.00. The minimum absolute atomic E-state index is 0.158. The predicted molar refractivity (Wildman–Crippen MR) is 139 cm³/mol. The van der Waals surface area contributed by atoms with Gasteiger partial charge in [-0.25, -0.2) is 14.5 Å². The number of anilines is 1. The second-order valence-electron chi connectivity index (χ2n) is 8.79. The van der Waals surface area contributed by atoms with Crippen LogP contribution in [0.3, 0.4) is 0 Å². The monoisotopic (exact) mass is 504 g/mol. The second kappa shape index (κ2) is 10.7. The Kier molecular flexibility index (Phi) is 7.44. The Labute approximate surface area is 213 Å². The average molecular weight is 505 g/mol. The van der Waals surface area contributed by atoms with Gasteiger partial charge in [-0.2, -0.15) is 0 Å². The van der Waals surface area contributed by atoms with Gasteiger partial charge in [0, 0.05) is 23.1 Å². The van der Waals surface area contributed by atoms with Crippen LogP contribution in [0.4, 0.5) is 5.13 Å². The number of carboxylic acids is 1. The highest BCUT2D eigenvalue weighted by molar-refractivity contribution is 7.15. The van der Waals surface area contributed by atoms with Gasteiger partial charge in [0.05, 0.1) is 18.4 Å². The molecule has 0 aliphatic heterocycles. The fraction of sp³-hybridized carbons (Fsp3) is 0.269. The van der Waals surface area contributed by atoms with Crippen LogP contribution in [-0.2, 0) is 17.8 Å². The molecule has 0 radical (unpaired) electrons. The van der Waals surface area contributed by atoms with Crippen LogP contribution in [0.5, 0.6) is 0 Å². The number of nitrogens with zero attached hydrogens (tertiary/aromatic N) is 4. The van der Waals surface area contributed by atoms with Crippen molar-refractivity contribution in [3.63, 3.8) is 0 Å². The topological polar surface area (TPSA) is 122 Å². The Morgan fingerprint density at radius 1 is 1.08 bits per heavy atom. The smallest absolute Gasteiger partial charge is 0.326 e. The minimum Gasteiger partial charge on any atom is -0.480 e. The van der Waals surface area contributed by atoms with Crippen LogP contribution >= 0.6 is 11.3 Å². The van der Waals surface area contributed by atoms with Crippen LogP contribution in [-0.4, -0.2) is 43.0 Å². The zero-order chi connectivity index (χ0) is 25.8. The van der Waals surface area contributed by atoms with E-state index in [4.69, 9.17) is 0 Å². The molecule has 0 fully saturated rings. The SMILES string of the molecule is Cc1cc(C)c(C(=O)N[C@@H](Cc2ccc(-n3cc(CNc4ncc(C)s4)nn3)cc2)C(=O)O)c(C)c1. The molecule has 2 heterocycles. The number of rotatable bonds is 9. The van der Waals surface area contributed by atoms with E-state index in [0.717, 1.165) is 43.6 Å². The number of aryl methyl sites for hydroxylation is 4. The zero-order valence-electron chi connectivity index (χ0n) is 20.6. The molecule has 4 aromatic rings. The first-order valence-corrected chi connectivity index (χ1v) is 12.3. The van der Waals surface area contributed by atoms with Crippen molar-refractivity contribution >= 4 is 28.3 Å². The molecule has 0 bridgehead atoms. The van der Waals surface area contributed by atoms with Gasteiger partial charge in [-0.05, 0) is 56.5 Å². The number of amides is 1. The lowest BCUT2D eigenvalue weighted by Gasteiger charge is -2.17. The van der Waals surface area contributed by atoms with Crippen LogP contribution in [0.1, 0.15) is 43.2 Å². The molecule has 0 unspecified atom stereocenters. The highest BCUT2D eigenvalue weighted by atomic mass is 32.1. The molecule has 2 aromatic heterocycles. The van der Waals surface area contributed by atoms with Crippen molar-refractivity contribution in [1.29, 1.82) is 0 Å². The Hall–Kier alpha value is -4.05. The molecular formula is C26H28N6O3S. The molecule has 3 N–H and O–H groups in total. The normalized spacial score (nSPS) is 11.8. The van der Waals surface area contributed by atoms with E-state index in [-0.39, 0.29) is 12.3 Å². The highest BCUT2D eigenvalue weighted by Gasteiger charge is 2.23. The van der Waals surface area contributed by atoms with Crippen LogP contribution in [0.2, 0.25) is 0 Å². The molecule has 0 saturated carbocycles. The first-order chi connectivity index (χ1) is 17.2. The number of benzene rings is 2. The van der Waals surface area contributed by atoms with Gasteiger partial charge in [0.2, 0.25) is 0 Å². The lowest BCUT2D eigenvalue weighted by atomic mass is 9.98.